The Labute approximate surface area is 119 Å². The molecule has 0 radical (unpaired) electrons. The number of carboxylic acid groups (broad SMARTS) is 1. The van der Waals surface area contributed by atoms with E-state index in [9.17, 15) is 15.0 Å². The van der Waals surface area contributed by atoms with E-state index in [0.29, 0.717) is 18.4 Å². The fourth-order valence-corrected chi connectivity index (χ4v) is 3.06. The fraction of sp³-hybridized carbons (Fsp3) is 0.562. The quantitative estimate of drug-likeness (QED) is 0.745. The molecule has 0 aliphatic heterocycles. The Hall–Kier alpha value is -1.39. The van der Waals surface area contributed by atoms with E-state index in [0.717, 1.165) is 18.4 Å². The molecule has 20 heavy (non-hydrogen) atoms. The lowest BCUT2D eigenvalue weighted by Gasteiger charge is -2.31. The van der Waals surface area contributed by atoms with Crippen LogP contribution in [0.5, 0.6) is 0 Å². The van der Waals surface area contributed by atoms with Crippen LogP contribution >= 0.6 is 0 Å². The molecule has 4 nitrogen and oxygen atoms in total. The maximum Gasteiger partial charge on any atom is 0.325 e. The first kappa shape index (κ1) is 15.0. The van der Waals surface area contributed by atoms with E-state index >= 15 is 0 Å². The van der Waals surface area contributed by atoms with Gasteiger partial charge in [0.2, 0.25) is 0 Å². The predicted octanol–water partition coefficient (Wildman–Crippen LogP) is 2.20. The second-order valence-electron chi connectivity index (χ2n) is 5.58. The SMILES string of the molecule is O=C(O)C(NCC1CCCCC1CO)c1ccccc1. The Morgan fingerprint density at radius 3 is 2.45 bits per heavy atom. The normalized spacial score (nSPS) is 24.2. The van der Waals surface area contributed by atoms with Crippen molar-refractivity contribution < 1.29 is 15.0 Å². The minimum absolute atomic E-state index is 0.204. The Morgan fingerprint density at radius 1 is 1.20 bits per heavy atom. The van der Waals surface area contributed by atoms with Crippen molar-refractivity contribution in [1.82, 2.24) is 5.32 Å². The highest BCUT2D eigenvalue weighted by Crippen LogP contribution is 2.29. The molecular weight excluding hydrogens is 254 g/mol. The van der Waals surface area contributed by atoms with E-state index < -0.39 is 12.0 Å². The summed E-state index contributed by atoms with van der Waals surface area (Å²) in [5.74, 6) is -0.173. The molecule has 0 aromatic heterocycles. The van der Waals surface area contributed by atoms with Crippen molar-refractivity contribution >= 4 is 5.97 Å². The molecule has 1 aliphatic carbocycles. The third-order valence-electron chi connectivity index (χ3n) is 4.27. The van der Waals surface area contributed by atoms with Crippen molar-refractivity contribution in [2.24, 2.45) is 11.8 Å². The molecule has 3 atom stereocenters. The second-order valence-corrected chi connectivity index (χ2v) is 5.58. The van der Waals surface area contributed by atoms with E-state index in [1.165, 1.54) is 12.8 Å². The molecule has 1 fully saturated rings. The lowest BCUT2D eigenvalue weighted by molar-refractivity contribution is -0.139. The molecule has 0 amide bonds. The molecule has 0 heterocycles. The minimum atomic E-state index is -0.854. The van der Waals surface area contributed by atoms with E-state index in [2.05, 4.69) is 5.32 Å². The molecule has 0 saturated heterocycles. The summed E-state index contributed by atoms with van der Waals surface area (Å²) < 4.78 is 0. The maximum absolute atomic E-state index is 11.4. The summed E-state index contributed by atoms with van der Waals surface area (Å²) in [6.45, 7) is 0.854. The molecule has 110 valence electrons. The molecule has 2 rings (SSSR count). The van der Waals surface area contributed by atoms with Gasteiger partial charge >= 0.3 is 5.97 Å². The topological polar surface area (TPSA) is 69.6 Å². The summed E-state index contributed by atoms with van der Waals surface area (Å²) in [6.07, 6.45) is 4.46. The summed E-state index contributed by atoms with van der Waals surface area (Å²) in [5, 5.41) is 21.9. The maximum atomic E-state index is 11.4. The van der Waals surface area contributed by atoms with Gasteiger partial charge in [0, 0.05) is 6.61 Å². The molecule has 1 aromatic rings. The van der Waals surface area contributed by atoms with E-state index in [-0.39, 0.29) is 6.61 Å². The number of aliphatic hydroxyl groups excluding tert-OH is 1. The van der Waals surface area contributed by atoms with Crippen LogP contribution in [0.3, 0.4) is 0 Å². The van der Waals surface area contributed by atoms with Crippen molar-refractivity contribution in [2.45, 2.75) is 31.7 Å². The van der Waals surface area contributed by atoms with Crippen molar-refractivity contribution in [3.05, 3.63) is 35.9 Å². The first-order chi connectivity index (χ1) is 9.72. The number of nitrogens with one attached hydrogen (secondary N) is 1. The van der Waals surface area contributed by atoms with Crippen molar-refractivity contribution in [1.29, 1.82) is 0 Å². The molecule has 0 bridgehead atoms. The van der Waals surface area contributed by atoms with Crippen LogP contribution in [0.25, 0.3) is 0 Å². The van der Waals surface area contributed by atoms with Gasteiger partial charge in [0.25, 0.3) is 0 Å². The zero-order chi connectivity index (χ0) is 14.4. The number of carboxylic acids is 1. The third kappa shape index (κ3) is 3.81. The van der Waals surface area contributed by atoms with Gasteiger partial charge in [0.05, 0.1) is 0 Å². The summed E-state index contributed by atoms with van der Waals surface area (Å²) in [7, 11) is 0. The minimum Gasteiger partial charge on any atom is -0.480 e. The number of carbonyl (C=O) groups is 1. The summed E-state index contributed by atoms with van der Waals surface area (Å²) >= 11 is 0. The fourth-order valence-electron chi connectivity index (χ4n) is 3.06. The van der Waals surface area contributed by atoms with Crippen LogP contribution in [0.4, 0.5) is 0 Å². The molecular formula is C16H23NO3. The smallest absolute Gasteiger partial charge is 0.325 e. The molecule has 4 heteroatoms. The first-order valence-electron chi connectivity index (χ1n) is 7.34. The summed E-state index contributed by atoms with van der Waals surface area (Å²) in [6, 6.07) is 8.57. The molecule has 1 aromatic carbocycles. The monoisotopic (exact) mass is 277 g/mol. The standard InChI is InChI=1S/C16H23NO3/c18-11-14-9-5-4-8-13(14)10-17-15(16(19)20)12-6-2-1-3-7-12/h1-3,6-7,13-15,17-18H,4-5,8-11H2,(H,19,20). The van der Waals surface area contributed by atoms with E-state index in [4.69, 9.17) is 0 Å². The number of aliphatic hydroxyl groups is 1. The largest absolute Gasteiger partial charge is 0.480 e. The van der Waals surface area contributed by atoms with E-state index in [1.807, 2.05) is 30.3 Å². The van der Waals surface area contributed by atoms with Crippen LogP contribution < -0.4 is 5.32 Å². The van der Waals surface area contributed by atoms with Gasteiger partial charge in [-0.15, -0.1) is 0 Å². The van der Waals surface area contributed by atoms with Gasteiger partial charge in [-0.05, 0) is 36.8 Å². The number of benzene rings is 1. The van der Waals surface area contributed by atoms with Gasteiger partial charge in [0.15, 0.2) is 0 Å². The van der Waals surface area contributed by atoms with Crippen LogP contribution in [-0.4, -0.2) is 29.3 Å². The molecule has 3 N–H and O–H groups in total. The Bertz CT molecular complexity index is 421. The summed E-state index contributed by atoms with van der Waals surface area (Å²) in [5.41, 5.74) is 0.774. The van der Waals surface area contributed by atoms with Gasteiger partial charge < -0.3 is 15.5 Å². The van der Waals surface area contributed by atoms with Gasteiger partial charge in [-0.25, -0.2) is 0 Å². The van der Waals surface area contributed by atoms with Crippen LogP contribution in [0.15, 0.2) is 30.3 Å². The third-order valence-corrected chi connectivity index (χ3v) is 4.27. The number of hydrogen-bond acceptors (Lipinski definition) is 3. The molecule has 3 unspecified atom stereocenters. The van der Waals surface area contributed by atoms with Crippen molar-refractivity contribution in [3.63, 3.8) is 0 Å². The average molecular weight is 277 g/mol. The number of aliphatic carboxylic acids is 1. The first-order valence-corrected chi connectivity index (χ1v) is 7.34. The van der Waals surface area contributed by atoms with Gasteiger partial charge in [-0.3, -0.25) is 4.79 Å². The Balaban J connectivity index is 1.97. The zero-order valence-electron chi connectivity index (χ0n) is 11.7. The number of hydrogen-bond donors (Lipinski definition) is 3. The van der Waals surface area contributed by atoms with E-state index in [1.54, 1.807) is 0 Å². The van der Waals surface area contributed by atoms with Gasteiger partial charge in [-0.2, -0.15) is 0 Å². The van der Waals surface area contributed by atoms with Crippen molar-refractivity contribution in [3.8, 4) is 0 Å². The Morgan fingerprint density at radius 2 is 1.85 bits per heavy atom. The molecule has 1 saturated carbocycles. The highest BCUT2D eigenvalue weighted by Gasteiger charge is 2.26. The summed E-state index contributed by atoms with van der Waals surface area (Å²) in [4.78, 5) is 11.4. The second kappa shape index (κ2) is 7.41. The number of rotatable bonds is 6. The van der Waals surface area contributed by atoms with Crippen LogP contribution in [0, 0.1) is 11.8 Å². The lowest BCUT2D eigenvalue weighted by atomic mass is 9.79. The lowest BCUT2D eigenvalue weighted by Crippen LogP contribution is -2.37. The highest BCUT2D eigenvalue weighted by molar-refractivity contribution is 5.75. The predicted molar refractivity (Wildman–Crippen MR) is 77.4 cm³/mol. The van der Waals surface area contributed by atoms with Crippen LogP contribution in [0.2, 0.25) is 0 Å². The Kier molecular flexibility index (Phi) is 5.56. The zero-order valence-corrected chi connectivity index (χ0v) is 11.7. The van der Waals surface area contributed by atoms with Gasteiger partial charge in [0.1, 0.15) is 6.04 Å². The average Bonchev–Trinajstić information content (AvgIpc) is 2.48. The van der Waals surface area contributed by atoms with Gasteiger partial charge in [-0.1, -0.05) is 43.2 Å². The van der Waals surface area contributed by atoms with Crippen LogP contribution in [0.1, 0.15) is 37.3 Å². The molecule has 0 spiro atoms. The van der Waals surface area contributed by atoms with Crippen LogP contribution in [-0.2, 0) is 4.79 Å². The highest BCUT2D eigenvalue weighted by atomic mass is 16.4. The molecule has 1 aliphatic rings. The van der Waals surface area contributed by atoms with Crippen molar-refractivity contribution in [2.75, 3.05) is 13.2 Å².